The molecule has 0 unspecified atom stereocenters. The quantitative estimate of drug-likeness (QED) is 0.610. The van der Waals surface area contributed by atoms with E-state index in [0.29, 0.717) is 0 Å². The zero-order valence-corrected chi connectivity index (χ0v) is 11.4. The SMILES string of the molecule is COc1cc(N2CCC(C=O)CC2)nnc1SC. The third kappa shape index (κ3) is 2.75. The molecule has 1 aromatic rings. The summed E-state index contributed by atoms with van der Waals surface area (Å²) in [5.41, 5.74) is 0. The third-order valence-corrected chi connectivity index (χ3v) is 3.85. The smallest absolute Gasteiger partial charge is 0.161 e. The van der Waals surface area contributed by atoms with Crippen molar-refractivity contribution in [1.82, 2.24) is 10.2 Å². The molecule has 0 N–H and O–H groups in total. The van der Waals surface area contributed by atoms with Gasteiger partial charge in [-0.1, -0.05) is 0 Å². The lowest BCUT2D eigenvalue weighted by molar-refractivity contribution is -0.111. The van der Waals surface area contributed by atoms with Crippen molar-refractivity contribution in [2.24, 2.45) is 5.92 Å². The minimum Gasteiger partial charge on any atom is -0.494 e. The van der Waals surface area contributed by atoms with E-state index >= 15 is 0 Å². The molecular weight excluding hydrogens is 250 g/mol. The van der Waals surface area contributed by atoms with Crippen molar-refractivity contribution in [3.63, 3.8) is 0 Å². The maximum absolute atomic E-state index is 10.7. The third-order valence-electron chi connectivity index (χ3n) is 3.18. The number of hydrogen-bond donors (Lipinski definition) is 0. The van der Waals surface area contributed by atoms with Crippen molar-refractivity contribution in [2.75, 3.05) is 31.4 Å². The Labute approximate surface area is 111 Å². The topological polar surface area (TPSA) is 55.3 Å². The predicted octanol–water partition coefficient (Wildman–Crippen LogP) is 1.62. The molecule has 0 spiro atoms. The van der Waals surface area contributed by atoms with Crippen molar-refractivity contribution in [3.05, 3.63) is 6.07 Å². The highest BCUT2D eigenvalue weighted by Gasteiger charge is 2.20. The van der Waals surface area contributed by atoms with E-state index < -0.39 is 0 Å². The van der Waals surface area contributed by atoms with E-state index in [-0.39, 0.29) is 5.92 Å². The predicted molar refractivity (Wildman–Crippen MR) is 71.4 cm³/mol. The normalized spacial score (nSPS) is 16.7. The molecule has 1 aliphatic rings. The van der Waals surface area contributed by atoms with Crippen molar-refractivity contribution < 1.29 is 9.53 Å². The number of rotatable bonds is 4. The van der Waals surface area contributed by atoms with Gasteiger partial charge >= 0.3 is 0 Å². The molecule has 0 aromatic carbocycles. The van der Waals surface area contributed by atoms with Gasteiger partial charge in [0.2, 0.25) is 0 Å². The minimum atomic E-state index is 0.196. The highest BCUT2D eigenvalue weighted by Crippen LogP contribution is 2.29. The number of carbonyl (C=O) groups excluding carboxylic acids is 1. The Bertz CT molecular complexity index is 420. The largest absolute Gasteiger partial charge is 0.494 e. The zero-order valence-electron chi connectivity index (χ0n) is 10.6. The summed E-state index contributed by atoms with van der Waals surface area (Å²) < 4.78 is 5.30. The number of aldehydes is 1. The summed E-state index contributed by atoms with van der Waals surface area (Å²) in [6, 6.07) is 1.92. The van der Waals surface area contributed by atoms with Gasteiger partial charge in [0, 0.05) is 25.1 Å². The van der Waals surface area contributed by atoms with Crippen LogP contribution in [0, 0.1) is 5.92 Å². The molecule has 1 saturated heterocycles. The van der Waals surface area contributed by atoms with E-state index in [0.717, 1.165) is 48.8 Å². The van der Waals surface area contributed by atoms with Gasteiger partial charge in [-0.15, -0.1) is 22.0 Å². The Morgan fingerprint density at radius 3 is 2.72 bits per heavy atom. The number of carbonyl (C=O) groups is 1. The average Bonchev–Trinajstić information content (AvgIpc) is 2.46. The van der Waals surface area contributed by atoms with Crippen molar-refractivity contribution in [1.29, 1.82) is 0 Å². The summed E-state index contributed by atoms with van der Waals surface area (Å²) in [5, 5.41) is 9.17. The summed E-state index contributed by atoms with van der Waals surface area (Å²) in [7, 11) is 1.64. The summed E-state index contributed by atoms with van der Waals surface area (Å²) in [5.74, 6) is 1.78. The van der Waals surface area contributed by atoms with Crippen LogP contribution in [0.25, 0.3) is 0 Å². The maximum atomic E-state index is 10.7. The lowest BCUT2D eigenvalue weighted by atomic mass is 9.99. The van der Waals surface area contributed by atoms with E-state index in [2.05, 4.69) is 15.1 Å². The molecule has 0 bridgehead atoms. The summed E-state index contributed by atoms with van der Waals surface area (Å²) in [6.07, 6.45) is 4.78. The first-order chi connectivity index (χ1) is 8.78. The second kappa shape index (κ2) is 6.04. The van der Waals surface area contributed by atoms with Gasteiger partial charge in [-0.3, -0.25) is 0 Å². The van der Waals surface area contributed by atoms with Crippen LogP contribution >= 0.6 is 11.8 Å². The van der Waals surface area contributed by atoms with Gasteiger partial charge in [-0.2, -0.15) is 0 Å². The number of anilines is 1. The van der Waals surface area contributed by atoms with Crippen LogP contribution in [-0.4, -0.2) is 42.9 Å². The van der Waals surface area contributed by atoms with E-state index in [1.807, 2.05) is 12.3 Å². The van der Waals surface area contributed by atoms with Gasteiger partial charge in [-0.05, 0) is 19.1 Å². The van der Waals surface area contributed by atoms with Gasteiger partial charge in [0.05, 0.1) is 7.11 Å². The van der Waals surface area contributed by atoms with Crippen LogP contribution < -0.4 is 9.64 Å². The zero-order chi connectivity index (χ0) is 13.0. The van der Waals surface area contributed by atoms with Crippen molar-refractivity contribution in [3.8, 4) is 5.75 Å². The summed E-state index contributed by atoms with van der Waals surface area (Å²) >= 11 is 1.52. The Morgan fingerprint density at radius 1 is 1.44 bits per heavy atom. The molecule has 0 radical (unpaired) electrons. The highest BCUT2D eigenvalue weighted by atomic mass is 32.2. The molecule has 0 atom stereocenters. The fourth-order valence-electron chi connectivity index (χ4n) is 2.06. The van der Waals surface area contributed by atoms with E-state index in [9.17, 15) is 4.79 Å². The maximum Gasteiger partial charge on any atom is 0.161 e. The fourth-order valence-corrected chi connectivity index (χ4v) is 2.53. The van der Waals surface area contributed by atoms with Crippen LogP contribution in [0.3, 0.4) is 0 Å². The molecular formula is C12H17N3O2S. The van der Waals surface area contributed by atoms with Crippen LogP contribution in [-0.2, 0) is 4.79 Å². The number of aromatic nitrogens is 2. The minimum absolute atomic E-state index is 0.196. The van der Waals surface area contributed by atoms with Crippen molar-refractivity contribution >= 4 is 23.9 Å². The molecule has 98 valence electrons. The molecule has 0 aliphatic carbocycles. The average molecular weight is 267 g/mol. The first-order valence-electron chi connectivity index (χ1n) is 5.94. The summed E-state index contributed by atoms with van der Waals surface area (Å²) in [6.45, 7) is 1.69. The monoisotopic (exact) mass is 267 g/mol. The van der Waals surface area contributed by atoms with Crippen LogP contribution in [0.4, 0.5) is 5.82 Å². The lowest BCUT2D eigenvalue weighted by Crippen LogP contribution is -2.34. The Hall–Kier alpha value is -1.30. The van der Waals surface area contributed by atoms with Crippen LogP contribution in [0.15, 0.2) is 11.1 Å². The van der Waals surface area contributed by atoms with Gasteiger partial charge in [0.25, 0.3) is 0 Å². The molecule has 18 heavy (non-hydrogen) atoms. The molecule has 1 fully saturated rings. The Morgan fingerprint density at radius 2 is 2.17 bits per heavy atom. The number of hydrogen-bond acceptors (Lipinski definition) is 6. The highest BCUT2D eigenvalue weighted by molar-refractivity contribution is 7.98. The summed E-state index contributed by atoms with van der Waals surface area (Å²) in [4.78, 5) is 12.9. The number of nitrogens with zero attached hydrogens (tertiary/aromatic N) is 3. The number of methoxy groups -OCH3 is 1. The van der Waals surface area contributed by atoms with E-state index in [1.54, 1.807) is 7.11 Å². The molecule has 5 nitrogen and oxygen atoms in total. The molecule has 1 aromatic heterocycles. The molecule has 0 saturated carbocycles. The van der Waals surface area contributed by atoms with Crippen LogP contribution in [0.2, 0.25) is 0 Å². The Balaban J connectivity index is 2.12. The van der Waals surface area contributed by atoms with Crippen LogP contribution in [0.5, 0.6) is 5.75 Å². The van der Waals surface area contributed by atoms with Crippen molar-refractivity contribution in [2.45, 2.75) is 17.9 Å². The first kappa shape index (κ1) is 13.1. The van der Waals surface area contributed by atoms with E-state index in [4.69, 9.17) is 4.74 Å². The van der Waals surface area contributed by atoms with Gasteiger partial charge in [0.1, 0.15) is 6.29 Å². The molecule has 6 heteroatoms. The van der Waals surface area contributed by atoms with Gasteiger partial charge < -0.3 is 14.4 Å². The first-order valence-corrected chi connectivity index (χ1v) is 7.17. The second-order valence-electron chi connectivity index (χ2n) is 4.24. The molecule has 2 rings (SSSR count). The van der Waals surface area contributed by atoms with E-state index in [1.165, 1.54) is 11.8 Å². The number of piperidine rings is 1. The fraction of sp³-hybridized carbons (Fsp3) is 0.583. The second-order valence-corrected chi connectivity index (χ2v) is 5.04. The molecule has 1 aliphatic heterocycles. The van der Waals surface area contributed by atoms with Gasteiger partial charge in [0.15, 0.2) is 16.6 Å². The van der Waals surface area contributed by atoms with Gasteiger partial charge in [-0.25, -0.2) is 0 Å². The standard InChI is InChI=1S/C12H17N3O2S/c1-17-10-7-11(13-14-12(10)18-2)15-5-3-9(8-16)4-6-15/h7-9H,3-6H2,1-2H3. The lowest BCUT2D eigenvalue weighted by Gasteiger charge is -2.30. The Kier molecular flexibility index (Phi) is 4.41. The number of ether oxygens (including phenoxy) is 1. The van der Waals surface area contributed by atoms with Crippen LogP contribution in [0.1, 0.15) is 12.8 Å². The molecule has 2 heterocycles. The number of thioether (sulfide) groups is 1. The molecule has 0 amide bonds.